The summed E-state index contributed by atoms with van der Waals surface area (Å²) in [4.78, 5) is 38.6. The molecule has 2 amide bonds. The summed E-state index contributed by atoms with van der Waals surface area (Å²) in [6.45, 7) is 1.70. The molecule has 0 N–H and O–H groups in total. The maximum absolute atomic E-state index is 12.4. The van der Waals surface area contributed by atoms with E-state index in [0.717, 1.165) is 12.1 Å². The molecule has 0 bridgehead atoms. The summed E-state index contributed by atoms with van der Waals surface area (Å²) < 4.78 is 45.2. The van der Waals surface area contributed by atoms with Gasteiger partial charge >= 0.3 is 12.3 Å². The number of alkyl halides is 3. The summed E-state index contributed by atoms with van der Waals surface area (Å²) in [7, 11) is 1.44. The Balaban J connectivity index is 2.00. The van der Waals surface area contributed by atoms with E-state index >= 15 is 0 Å². The molecule has 1 aliphatic heterocycles. The molecule has 0 aliphatic carbocycles. The van der Waals surface area contributed by atoms with Crippen LogP contribution in [0.15, 0.2) is 24.3 Å². The van der Waals surface area contributed by atoms with E-state index in [1.54, 1.807) is 6.92 Å². The molecule has 1 unspecified atom stereocenters. The lowest BCUT2D eigenvalue weighted by Crippen LogP contribution is -2.38. The number of hydrogen-bond donors (Lipinski definition) is 0. The first-order chi connectivity index (χ1) is 12.6. The van der Waals surface area contributed by atoms with Gasteiger partial charge in [0.15, 0.2) is 0 Å². The Morgan fingerprint density at radius 2 is 1.89 bits per heavy atom. The topological polar surface area (TPSA) is 76.2 Å². The zero-order valence-electron chi connectivity index (χ0n) is 14.8. The number of nitrogens with zero attached hydrogens (tertiary/aromatic N) is 2. The molecule has 1 atom stereocenters. The summed E-state index contributed by atoms with van der Waals surface area (Å²) in [5.74, 6) is -2.31. The van der Waals surface area contributed by atoms with Crippen LogP contribution in [0.2, 0.25) is 0 Å². The van der Waals surface area contributed by atoms with Gasteiger partial charge in [-0.25, -0.2) is 0 Å². The zero-order valence-corrected chi connectivity index (χ0v) is 14.8. The molecule has 0 saturated carbocycles. The fraction of sp³-hybridized carbons (Fsp3) is 0.471. The Labute approximate surface area is 153 Å². The maximum Gasteiger partial charge on any atom is 0.573 e. The number of likely N-dealkylation sites (N-methyl/N-ethyl adjacent to an activating group) is 1. The van der Waals surface area contributed by atoms with E-state index in [0.29, 0.717) is 5.69 Å². The average Bonchev–Trinajstić information content (AvgIpc) is 2.95. The minimum absolute atomic E-state index is 0.0488. The van der Waals surface area contributed by atoms with Crippen LogP contribution >= 0.6 is 0 Å². The Morgan fingerprint density at radius 3 is 2.44 bits per heavy atom. The van der Waals surface area contributed by atoms with Gasteiger partial charge in [-0.2, -0.15) is 0 Å². The number of hydrogen-bond acceptors (Lipinski definition) is 5. The Bertz CT molecular complexity index is 706. The van der Waals surface area contributed by atoms with E-state index < -0.39 is 24.0 Å². The zero-order chi connectivity index (χ0) is 20.2. The van der Waals surface area contributed by atoms with E-state index in [-0.39, 0.29) is 37.9 Å². The molecule has 1 aliphatic rings. The predicted molar refractivity (Wildman–Crippen MR) is 87.9 cm³/mol. The molecule has 27 heavy (non-hydrogen) atoms. The standard InChI is InChI=1S/C17H19F3N2O5/c1-3-26-15(24)10-21(2)16(25)11-8-14(23)22(9-11)12-4-6-13(7-5-12)27-17(18,19)20/h4-7,11H,3,8-10H2,1-2H3. The first-order valence-corrected chi connectivity index (χ1v) is 8.17. The number of rotatable bonds is 6. The second kappa shape index (κ2) is 8.28. The highest BCUT2D eigenvalue weighted by Gasteiger charge is 2.37. The molecule has 1 aromatic carbocycles. The van der Waals surface area contributed by atoms with Crippen LogP contribution in [0.5, 0.6) is 5.75 Å². The second-order valence-corrected chi connectivity index (χ2v) is 5.95. The molecule has 1 saturated heterocycles. The van der Waals surface area contributed by atoms with Gasteiger partial charge in [0.05, 0.1) is 12.5 Å². The summed E-state index contributed by atoms with van der Waals surface area (Å²) in [5, 5.41) is 0. The fourth-order valence-electron chi connectivity index (χ4n) is 2.74. The first kappa shape index (κ1) is 20.5. The van der Waals surface area contributed by atoms with E-state index in [9.17, 15) is 27.6 Å². The Hall–Kier alpha value is -2.78. The molecule has 148 valence electrons. The van der Waals surface area contributed by atoms with Crippen molar-refractivity contribution in [3.05, 3.63) is 24.3 Å². The summed E-state index contributed by atoms with van der Waals surface area (Å²) in [6, 6.07) is 4.82. The summed E-state index contributed by atoms with van der Waals surface area (Å²) in [5.41, 5.74) is 0.359. The molecule has 10 heteroatoms. The maximum atomic E-state index is 12.4. The van der Waals surface area contributed by atoms with Gasteiger partial charge < -0.3 is 19.3 Å². The van der Waals surface area contributed by atoms with Gasteiger partial charge in [-0.3, -0.25) is 14.4 Å². The number of ether oxygens (including phenoxy) is 2. The molecule has 0 spiro atoms. The highest BCUT2D eigenvalue weighted by atomic mass is 19.4. The molecule has 1 fully saturated rings. The van der Waals surface area contributed by atoms with Crippen LogP contribution in [0.25, 0.3) is 0 Å². The van der Waals surface area contributed by atoms with Crippen molar-refractivity contribution in [2.45, 2.75) is 19.7 Å². The molecule has 0 aromatic heterocycles. The molecule has 0 radical (unpaired) electrons. The average molecular weight is 388 g/mol. The van der Waals surface area contributed by atoms with Crippen LogP contribution in [0, 0.1) is 5.92 Å². The first-order valence-electron chi connectivity index (χ1n) is 8.17. The molecular formula is C17H19F3N2O5. The molecule has 7 nitrogen and oxygen atoms in total. The van der Waals surface area contributed by atoms with E-state index in [1.165, 1.54) is 29.0 Å². The van der Waals surface area contributed by atoms with E-state index in [1.807, 2.05) is 0 Å². The van der Waals surface area contributed by atoms with Crippen molar-refractivity contribution in [3.63, 3.8) is 0 Å². The molecule has 1 aromatic rings. The van der Waals surface area contributed by atoms with Gasteiger partial charge in [-0.15, -0.1) is 13.2 Å². The number of carbonyl (C=O) groups excluding carboxylic acids is 3. The fourth-order valence-corrected chi connectivity index (χ4v) is 2.74. The smallest absolute Gasteiger partial charge is 0.465 e. The van der Waals surface area contributed by atoms with Crippen LogP contribution < -0.4 is 9.64 Å². The number of amides is 2. The van der Waals surface area contributed by atoms with Crippen LogP contribution in [-0.2, 0) is 19.1 Å². The third-order valence-electron chi connectivity index (χ3n) is 3.90. The minimum atomic E-state index is -4.80. The Morgan fingerprint density at radius 1 is 1.26 bits per heavy atom. The van der Waals surface area contributed by atoms with Crippen molar-refractivity contribution >= 4 is 23.5 Å². The van der Waals surface area contributed by atoms with Crippen molar-refractivity contribution in [2.24, 2.45) is 5.92 Å². The van der Waals surface area contributed by atoms with Crippen molar-refractivity contribution in [1.82, 2.24) is 4.90 Å². The number of benzene rings is 1. The SMILES string of the molecule is CCOC(=O)CN(C)C(=O)C1CC(=O)N(c2ccc(OC(F)(F)F)cc2)C1. The molecule has 1 heterocycles. The van der Waals surface area contributed by atoms with E-state index in [2.05, 4.69) is 4.74 Å². The summed E-state index contributed by atoms with van der Waals surface area (Å²) >= 11 is 0. The van der Waals surface area contributed by atoms with Crippen LogP contribution in [0.1, 0.15) is 13.3 Å². The number of anilines is 1. The van der Waals surface area contributed by atoms with Gasteiger partial charge in [0.1, 0.15) is 12.3 Å². The lowest BCUT2D eigenvalue weighted by Gasteiger charge is -2.21. The quantitative estimate of drug-likeness (QED) is 0.697. The second-order valence-electron chi connectivity index (χ2n) is 5.95. The van der Waals surface area contributed by atoms with Gasteiger partial charge in [0.25, 0.3) is 0 Å². The summed E-state index contributed by atoms with van der Waals surface area (Å²) in [6.07, 6.45) is -4.85. The lowest BCUT2D eigenvalue weighted by molar-refractivity contribution is -0.274. The molecule has 2 rings (SSSR count). The third kappa shape index (κ3) is 5.60. The van der Waals surface area contributed by atoms with E-state index in [4.69, 9.17) is 4.74 Å². The third-order valence-corrected chi connectivity index (χ3v) is 3.90. The van der Waals surface area contributed by atoms with Gasteiger partial charge in [0, 0.05) is 25.7 Å². The van der Waals surface area contributed by atoms with Crippen molar-refractivity contribution in [1.29, 1.82) is 0 Å². The normalized spacial score (nSPS) is 17.0. The number of halogens is 3. The van der Waals surface area contributed by atoms with Gasteiger partial charge in [-0.1, -0.05) is 0 Å². The van der Waals surface area contributed by atoms with Crippen LogP contribution in [0.3, 0.4) is 0 Å². The van der Waals surface area contributed by atoms with Gasteiger partial charge in [0.2, 0.25) is 11.8 Å². The van der Waals surface area contributed by atoms with Crippen molar-refractivity contribution < 1.29 is 37.0 Å². The number of carbonyl (C=O) groups is 3. The lowest BCUT2D eigenvalue weighted by atomic mass is 10.1. The largest absolute Gasteiger partial charge is 0.573 e. The van der Waals surface area contributed by atoms with Crippen LogP contribution in [0.4, 0.5) is 18.9 Å². The van der Waals surface area contributed by atoms with Crippen molar-refractivity contribution in [3.8, 4) is 5.75 Å². The predicted octanol–water partition coefficient (Wildman–Crippen LogP) is 1.96. The highest BCUT2D eigenvalue weighted by Crippen LogP contribution is 2.29. The monoisotopic (exact) mass is 388 g/mol. The molecular weight excluding hydrogens is 369 g/mol. The number of esters is 1. The Kier molecular flexibility index (Phi) is 6.29. The van der Waals surface area contributed by atoms with Crippen LogP contribution in [-0.4, -0.2) is 55.8 Å². The minimum Gasteiger partial charge on any atom is -0.465 e. The van der Waals surface area contributed by atoms with Gasteiger partial charge in [-0.05, 0) is 31.2 Å². The highest BCUT2D eigenvalue weighted by molar-refractivity contribution is 6.00. The van der Waals surface area contributed by atoms with Crippen molar-refractivity contribution in [2.75, 3.05) is 31.6 Å².